The number of hydrogen-bond acceptors (Lipinski definition) is 2. The van der Waals surface area contributed by atoms with E-state index in [1.165, 1.54) is 29.5 Å². The van der Waals surface area contributed by atoms with Gasteiger partial charge in [0.05, 0.1) is 6.10 Å². The van der Waals surface area contributed by atoms with E-state index in [2.05, 4.69) is 51.7 Å². The molecule has 0 saturated heterocycles. The summed E-state index contributed by atoms with van der Waals surface area (Å²) >= 11 is 0. The molecule has 1 rings (SSSR count). The molecule has 0 aliphatic heterocycles. The average molecular weight is 277 g/mol. The van der Waals surface area contributed by atoms with Gasteiger partial charge in [0, 0.05) is 6.54 Å². The van der Waals surface area contributed by atoms with Crippen LogP contribution in [0.4, 0.5) is 0 Å². The molecule has 0 aliphatic rings. The van der Waals surface area contributed by atoms with Gasteiger partial charge in [-0.05, 0) is 69.8 Å². The van der Waals surface area contributed by atoms with Crippen LogP contribution in [0.3, 0.4) is 0 Å². The highest BCUT2D eigenvalue weighted by Crippen LogP contribution is 2.26. The molecule has 0 amide bonds. The predicted octanol–water partition coefficient (Wildman–Crippen LogP) is 4.16. The first kappa shape index (κ1) is 17.2. The maximum Gasteiger partial charge on any atom is 0.0807 e. The molecule has 0 radical (unpaired) electrons. The number of rotatable bonds is 8. The fourth-order valence-electron chi connectivity index (χ4n) is 3.13. The van der Waals surface area contributed by atoms with Gasteiger partial charge in [-0.3, -0.25) is 0 Å². The molecule has 1 N–H and O–H groups in total. The minimum atomic E-state index is -0.341. The first-order chi connectivity index (χ1) is 9.49. The van der Waals surface area contributed by atoms with Gasteiger partial charge in [0.25, 0.3) is 0 Å². The fraction of sp³-hybridized carbons (Fsp3) is 0.667. The lowest BCUT2D eigenvalue weighted by molar-refractivity contribution is 0.140. The van der Waals surface area contributed by atoms with Gasteiger partial charge in [-0.2, -0.15) is 0 Å². The van der Waals surface area contributed by atoms with Crippen LogP contribution in [-0.2, 0) is 0 Å². The summed E-state index contributed by atoms with van der Waals surface area (Å²) in [5.41, 5.74) is 4.83. The Morgan fingerprint density at radius 2 is 1.45 bits per heavy atom. The third kappa shape index (κ3) is 4.92. The molecule has 1 atom stereocenters. The van der Waals surface area contributed by atoms with Crippen LogP contribution in [0, 0.1) is 20.8 Å². The number of aliphatic hydroxyl groups is 1. The topological polar surface area (TPSA) is 23.5 Å². The molecule has 0 bridgehead atoms. The van der Waals surface area contributed by atoms with Gasteiger partial charge in [-0.15, -0.1) is 0 Å². The van der Waals surface area contributed by atoms with Crippen molar-refractivity contribution in [3.63, 3.8) is 0 Å². The summed E-state index contributed by atoms with van der Waals surface area (Å²) in [6.07, 6.45) is 2.84. The second kappa shape index (κ2) is 8.43. The highest BCUT2D eigenvalue weighted by atomic mass is 16.3. The number of aryl methyl sites for hydroxylation is 3. The summed E-state index contributed by atoms with van der Waals surface area (Å²) in [5, 5.41) is 10.5. The van der Waals surface area contributed by atoms with Gasteiger partial charge >= 0.3 is 0 Å². The van der Waals surface area contributed by atoms with E-state index in [1.807, 2.05) is 0 Å². The monoisotopic (exact) mass is 277 g/mol. The smallest absolute Gasteiger partial charge is 0.0807 e. The Bertz CT molecular complexity index is 385. The Balaban J connectivity index is 2.68. The molecule has 20 heavy (non-hydrogen) atoms. The maximum absolute atomic E-state index is 10.5. The Kier molecular flexibility index (Phi) is 7.25. The summed E-state index contributed by atoms with van der Waals surface area (Å²) in [5.74, 6) is 0. The quantitative estimate of drug-likeness (QED) is 0.771. The van der Waals surface area contributed by atoms with Crippen LogP contribution < -0.4 is 0 Å². The average Bonchev–Trinajstić information content (AvgIpc) is 2.35. The largest absolute Gasteiger partial charge is 0.388 e. The van der Waals surface area contributed by atoms with E-state index in [0.717, 1.165) is 31.6 Å². The van der Waals surface area contributed by atoms with E-state index in [1.54, 1.807) is 0 Å². The van der Waals surface area contributed by atoms with Crippen molar-refractivity contribution in [3.05, 3.63) is 34.4 Å². The van der Waals surface area contributed by atoms with E-state index in [0.29, 0.717) is 0 Å². The molecule has 2 heteroatoms. The Hall–Kier alpha value is -0.860. The van der Waals surface area contributed by atoms with Crippen molar-refractivity contribution in [1.29, 1.82) is 0 Å². The van der Waals surface area contributed by atoms with Crippen molar-refractivity contribution >= 4 is 0 Å². The van der Waals surface area contributed by atoms with Crippen molar-refractivity contribution in [1.82, 2.24) is 4.90 Å². The molecular weight excluding hydrogens is 246 g/mol. The Labute approximate surface area is 124 Å². The Morgan fingerprint density at radius 1 is 0.950 bits per heavy atom. The number of nitrogens with zero attached hydrogens (tertiary/aromatic N) is 1. The molecule has 0 aromatic heterocycles. The van der Waals surface area contributed by atoms with Crippen molar-refractivity contribution in [3.8, 4) is 0 Å². The molecule has 1 aromatic rings. The third-order valence-corrected chi connectivity index (χ3v) is 3.87. The van der Waals surface area contributed by atoms with Gasteiger partial charge in [-0.1, -0.05) is 31.5 Å². The zero-order valence-corrected chi connectivity index (χ0v) is 13.9. The number of benzene rings is 1. The van der Waals surface area contributed by atoms with Crippen LogP contribution in [0.1, 0.15) is 61.5 Å². The highest BCUT2D eigenvalue weighted by Gasteiger charge is 2.15. The second-order valence-corrected chi connectivity index (χ2v) is 5.96. The van der Waals surface area contributed by atoms with Crippen LogP contribution in [0.25, 0.3) is 0 Å². The molecule has 0 saturated carbocycles. The second-order valence-electron chi connectivity index (χ2n) is 5.96. The molecule has 0 spiro atoms. The van der Waals surface area contributed by atoms with Crippen molar-refractivity contribution in [2.45, 2.75) is 60.0 Å². The van der Waals surface area contributed by atoms with E-state index >= 15 is 0 Å². The summed E-state index contributed by atoms with van der Waals surface area (Å²) in [6.45, 7) is 14.0. The number of hydrogen-bond donors (Lipinski definition) is 1. The first-order valence-corrected chi connectivity index (χ1v) is 7.97. The third-order valence-electron chi connectivity index (χ3n) is 3.87. The SMILES string of the molecule is CCCN(CCC)CCC(O)c1c(C)cc(C)cc1C. The van der Waals surface area contributed by atoms with E-state index in [-0.39, 0.29) is 6.10 Å². The van der Waals surface area contributed by atoms with Crippen LogP contribution in [0.15, 0.2) is 12.1 Å². The molecule has 114 valence electrons. The molecule has 0 aliphatic carbocycles. The normalized spacial score (nSPS) is 12.9. The summed E-state index contributed by atoms with van der Waals surface area (Å²) < 4.78 is 0. The van der Waals surface area contributed by atoms with Gasteiger partial charge < -0.3 is 10.0 Å². The number of aliphatic hydroxyl groups excluding tert-OH is 1. The van der Waals surface area contributed by atoms with Gasteiger partial charge in [0.1, 0.15) is 0 Å². The zero-order chi connectivity index (χ0) is 15.1. The zero-order valence-electron chi connectivity index (χ0n) is 13.9. The molecule has 0 fully saturated rings. The predicted molar refractivity (Wildman–Crippen MR) is 87.3 cm³/mol. The summed E-state index contributed by atoms with van der Waals surface area (Å²) in [6, 6.07) is 4.34. The minimum absolute atomic E-state index is 0.341. The minimum Gasteiger partial charge on any atom is -0.388 e. The van der Waals surface area contributed by atoms with E-state index in [4.69, 9.17) is 0 Å². The molecular formula is C18H31NO. The van der Waals surface area contributed by atoms with Gasteiger partial charge in [-0.25, -0.2) is 0 Å². The van der Waals surface area contributed by atoms with Crippen LogP contribution >= 0.6 is 0 Å². The van der Waals surface area contributed by atoms with Crippen molar-refractivity contribution in [2.75, 3.05) is 19.6 Å². The molecule has 2 nitrogen and oxygen atoms in total. The van der Waals surface area contributed by atoms with Gasteiger partial charge in [0.2, 0.25) is 0 Å². The highest BCUT2D eigenvalue weighted by molar-refractivity contribution is 5.38. The van der Waals surface area contributed by atoms with Crippen LogP contribution in [0.5, 0.6) is 0 Å². The van der Waals surface area contributed by atoms with Crippen molar-refractivity contribution < 1.29 is 5.11 Å². The first-order valence-electron chi connectivity index (χ1n) is 7.97. The molecule has 1 unspecified atom stereocenters. The lowest BCUT2D eigenvalue weighted by atomic mass is 9.94. The van der Waals surface area contributed by atoms with E-state index < -0.39 is 0 Å². The summed E-state index contributed by atoms with van der Waals surface area (Å²) in [7, 11) is 0. The molecule has 1 aromatic carbocycles. The Morgan fingerprint density at radius 3 is 1.90 bits per heavy atom. The fourth-order valence-corrected chi connectivity index (χ4v) is 3.13. The van der Waals surface area contributed by atoms with Crippen molar-refractivity contribution in [2.24, 2.45) is 0 Å². The summed E-state index contributed by atoms with van der Waals surface area (Å²) in [4.78, 5) is 2.46. The van der Waals surface area contributed by atoms with Crippen LogP contribution in [-0.4, -0.2) is 29.6 Å². The standard InChI is InChI=1S/C18H31NO/c1-6-9-19(10-7-2)11-8-17(20)18-15(4)12-14(3)13-16(18)5/h12-13,17,20H,6-11H2,1-5H3. The maximum atomic E-state index is 10.5. The lowest BCUT2D eigenvalue weighted by Crippen LogP contribution is -2.27. The van der Waals surface area contributed by atoms with Crippen LogP contribution in [0.2, 0.25) is 0 Å². The van der Waals surface area contributed by atoms with Gasteiger partial charge in [0.15, 0.2) is 0 Å². The van der Waals surface area contributed by atoms with E-state index in [9.17, 15) is 5.11 Å². The molecule has 0 heterocycles. The lowest BCUT2D eigenvalue weighted by Gasteiger charge is -2.24.